The lowest BCUT2D eigenvalue weighted by Crippen LogP contribution is -2.31. The number of carbonyl (C=O) groups is 1. The largest absolute Gasteiger partial charge is 0.492 e. The highest BCUT2D eigenvalue weighted by Crippen LogP contribution is 2.24. The molecule has 0 fully saturated rings. The fourth-order valence-electron chi connectivity index (χ4n) is 2.55. The number of ether oxygens (including phenoxy) is 1. The maximum Gasteiger partial charge on any atom is 0.253 e. The average molecular weight is 391 g/mol. The van der Waals surface area contributed by atoms with Gasteiger partial charge >= 0.3 is 0 Å². The first-order valence-corrected chi connectivity index (χ1v) is 10.1. The first-order chi connectivity index (χ1) is 12.6. The molecule has 0 atom stereocenters. The van der Waals surface area contributed by atoms with Crippen LogP contribution in [0.3, 0.4) is 0 Å². The van der Waals surface area contributed by atoms with Gasteiger partial charge in [-0.05, 0) is 49.2 Å². The molecule has 0 saturated carbocycles. The molecule has 2 aromatic carbocycles. The Morgan fingerprint density at radius 2 is 1.67 bits per heavy atom. The molecule has 0 aliphatic rings. The molecule has 6 nitrogen and oxygen atoms in total. The third-order valence-electron chi connectivity index (χ3n) is 4.41. The number of nitrogens with zero attached hydrogens (tertiary/aromatic N) is 2. The maximum atomic E-state index is 12.8. The second-order valence-electron chi connectivity index (χ2n) is 6.59. The molecule has 0 aliphatic carbocycles. The van der Waals surface area contributed by atoms with E-state index in [4.69, 9.17) is 4.74 Å². The normalized spacial score (nSPS) is 11.5. The number of para-hydroxylation sites is 1. The van der Waals surface area contributed by atoms with Crippen molar-refractivity contribution >= 4 is 15.9 Å². The highest BCUT2D eigenvalue weighted by atomic mass is 32.2. The molecule has 0 spiro atoms. The number of aryl methyl sites for hydroxylation is 1. The molecule has 0 bridgehead atoms. The van der Waals surface area contributed by atoms with Crippen LogP contribution in [-0.4, -0.2) is 57.8 Å². The lowest BCUT2D eigenvalue weighted by Gasteiger charge is -2.20. The van der Waals surface area contributed by atoms with Crippen molar-refractivity contribution in [2.24, 2.45) is 0 Å². The second kappa shape index (κ2) is 8.54. The molecular formula is C20H26N2O4S. The van der Waals surface area contributed by atoms with Crippen LogP contribution >= 0.6 is 0 Å². The molecule has 2 rings (SSSR count). The molecule has 0 unspecified atom stereocenters. The topological polar surface area (TPSA) is 66.9 Å². The Labute approximate surface area is 161 Å². The summed E-state index contributed by atoms with van der Waals surface area (Å²) < 4.78 is 31.9. The quantitative estimate of drug-likeness (QED) is 0.729. The Bertz CT molecular complexity index is 909. The van der Waals surface area contributed by atoms with Crippen molar-refractivity contribution in [2.45, 2.75) is 18.7 Å². The van der Waals surface area contributed by atoms with Crippen LogP contribution in [0.25, 0.3) is 0 Å². The van der Waals surface area contributed by atoms with E-state index in [-0.39, 0.29) is 10.8 Å². The number of likely N-dealkylation sites (N-methyl/N-ethyl adjacent to an activating group) is 1. The van der Waals surface area contributed by atoms with Gasteiger partial charge in [-0.3, -0.25) is 4.79 Å². The van der Waals surface area contributed by atoms with Gasteiger partial charge in [-0.25, -0.2) is 12.7 Å². The van der Waals surface area contributed by atoms with E-state index in [1.807, 2.05) is 30.3 Å². The zero-order chi connectivity index (χ0) is 20.2. The number of hydrogen-bond donors (Lipinski definition) is 0. The summed E-state index contributed by atoms with van der Waals surface area (Å²) in [5.41, 5.74) is 1.76. The Hall–Kier alpha value is -2.38. The summed E-state index contributed by atoms with van der Waals surface area (Å²) in [5, 5.41) is 0. The number of carbonyl (C=O) groups excluding carboxylic acids is 1. The van der Waals surface area contributed by atoms with Crippen LogP contribution < -0.4 is 4.74 Å². The van der Waals surface area contributed by atoms with Crippen LogP contribution in [0, 0.1) is 13.8 Å². The number of benzene rings is 2. The van der Waals surface area contributed by atoms with Gasteiger partial charge in [0.05, 0.1) is 11.4 Å². The Morgan fingerprint density at radius 3 is 2.26 bits per heavy atom. The van der Waals surface area contributed by atoms with Crippen molar-refractivity contribution in [3.8, 4) is 5.75 Å². The summed E-state index contributed by atoms with van der Waals surface area (Å²) in [7, 11) is 1.00. The minimum atomic E-state index is -3.63. The summed E-state index contributed by atoms with van der Waals surface area (Å²) in [4.78, 5) is 14.4. The number of rotatable bonds is 7. The molecule has 0 aliphatic heterocycles. The molecule has 0 radical (unpaired) electrons. The summed E-state index contributed by atoms with van der Waals surface area (Å²) in [5.74, 6) is 0.494. The van der Waals surface area contributed by atoms with Crippen molar-refractivity contribution in [2.75, 3.05) is 34.3 Å². The zero-order valence-corrected chi connectivity index (χ0v) is 17.2. The SMILES string of the molecule is Cc1cc(C(=O)N(C)CCOc2ccccc2)cc(S(=O)(=O)N(C)C)c1C. The van der Waals surface area contributed by atoms with Crippen molar-refractivity contribution in [3.05, 3.63) is 59.2 Å². The van der Waals surface area contributed by atoms with Gasteiger partial charge in [-0.2, -0.15) is 0 Å². The minimum Gasteiger partial charge on any atom is -0.492 e. The van der Waals surface area contributed by atoms with Crippen LogP contribution in [0.1, 0.15) is 21.5 Å². The van der Waals surface area contributed by atoms with Gasteiger partial charge in [0.2, 0.25) is 10.0 Å². The molecule has 0 N–H and O–H groups in total. The molecule has 1 amide bonds. The Balaban J connectivity index is 2.17. The number of sulfonamides is 1. The van der Waals surface area contributed by atoms with E-state index in [1.54, 1.807) is 27.0 Å². The van der Waals surface area contributed by atoms with Crippen molar-refractivity contribution in [1.82, 2.24) is 9.21 Å². The molecule has 0 aromatic heterocycles. The minimum absolute atomic E-state index is 0.157. The molecule has 0 saturated heterocycles. The van der Waals surface area contributed by atoms with E-state index in [0.717, 1.165) is 15.6 Å². The van der Waals surface area contributed by atoms with Gasteiger partial charge in [0.15, 0.2) is 0 Å². The van der Waals surface area contributed by atoms with Gasteiger partial charge < -0.3 is 9.64 Å². The Kier molecular flexibility index (Phi) is 6.62. The summed E-state index contributed by atoms with van der Waals surface area (Å²) in [6.45, 7) is 4.28. The zero-order valence-electron chi connectivity index (χ0n) is 16.4. The van der Waals surface area contributed by atoms with Crippen LogP contribution in [-0.2, 0) is 10.0 Å². The van der Waals surface area contributed by atoms with Crippen LogP contribution in [0.4, 0.5) is 0 Å². The van der Waals surface area contributed by atoms with E-state index in [1.165, 1.54) is 25.1 Å². The molecular weight excluding hydrogens is 364 g/mol. The first kappa shape index (κ1) is 20.9. The highest BCUT2D eigenvalue weighted by molar-refractivity contribution is 7.89. The van der Waals surface area contributed by atoms with Gasteiger partial charge in [-0.15, -0.1) is 0 Å². The van der Waals surface area contributed by atoms with E-state index < -0.39 is 10.0 Å². The van der Waals surface area contributed by atoms with Crippen LogP contribution in [0.5, 0.6) is 5.75 Å². The molecule has 2 aromatic rings. The van der Waals surface area contributed by atoms with Gasteiger partial charge in [0, 0.05) is 26.7 Å². The number of hydrogen-bond acceptors (Lipinski definition) is 4. The van der Waals surface area contributed by atoms with Crippen LogP contribution in [0.15, 0.2) is 47.4 Å². The van der Waals surface area contributed by atoms with Crippen molar-refractivity contribution in [1.29, 1.82) is 0 Å². The third kappa shape index (κ3) is 4.87. The lowest BCUT2D eigenvalue weighted by molar-refractivity contribution is 0.0773. The van der Waals surface area contributed by atoms with Crippen LogP contribution in [0.2, 0.25) is 0 Å². The van der Waals surface area contributed by atoms with E-state index in [9.17, 15) is 13.2 Å². The van der Waals surface area contributed by atoms with Gasteiger partial charge in [-0.1, -0.05) is 18.2 Å². The standard InChI is InChI=1S/C20H26N2O4S/c1-15-13-17(14-19(16(15)2)27(24,25)21(3)4)20(23)22(5)11-12-26-18-9-7-6-8-10-18/h6-10,13-14H,11-12H2,1-5H3. The first-order valence-electron chi connectivity index (χ1n) is 8.61. The predicted molar refractivity (Wildman–Crippen MR) is 106 cm³/mol. The van der Waals surface area contributed by atoms with Gasteiger partial charge in [0.1, 0.15) is 12.4 Å². The monoisotopic (exact) mass is 390 g/mol. The molecule has 146 valence electrons. The fourth-order valence-corrected chi connectivity index (χ4v) is 3.77. The molecule has 0 heterocycles. The van der Waals surface area contributed by atoms with E-state index >= 15 is 0 Å². The van der Waals surface area contributed by atoms with Crippen molar-refractivity contribution < 1.29 is 17.9 Å². The summed E-state index contributed by atoms with van der Waals surface area (Å²) in [6, 6.07) is 12.5. The van der Waals surface area contributed by atoms with Crippen molar-refractivity contribution in [3.63, 3.8) is 0 Å². The average Bonchev–Trinajstić information content (AvgIpc) is 2.63. The molecule has 27 heavy (non-hydrogen) atoms. The smallest absolute Gasteiger partial charge is 0.253 e. The Morgan fingerprint density at radius 1 is 1.04 bits per heavy atom. The van der Waals surface area contributed by atoms with E-state index in [2.05, 4.69) is 0 Å². The summed E-state index contributed by atoms with van der Waals surface area (Å²) >= 11 is 0. The maximum absolute atomic E-state index is 12.8. The number of amides is 1. The fraction of sp³-hybridized carbons (Fsp3) is 0.350. The second-order valence-corrected chi connectivity index (χ2v) is 8.71. The van der Waals surface area contributed by atoms with E-state index in [0.29, 0.717) is 24.3 Å². The van der Waals surface area contributed by atoms with Gasteiger partial charge in [0.25, 0.3) is 5.91 Å². The highest BCUT2D eigenvalue weighted by Gasteiger charge is 2.23. The third-order valence-corrected chi connectivity index (χ3v) is 6.35. The summed E-state index contributed by atoms with van der Waals surface area (Å²) in [6.07, 6.45) is 0. The molecule has 7 heteroatoms. The predicted octanol–water partition coefficient (Wildman–Crippen LogP) is 2.70. The lowest BCUT2D eigenvalue weighted by atomic mass is 10.1.